The van der Waals surface area contributed by atoms with Crippen LogP contribution in [0.3, 0.4) is 0 Å². The largest absolute Gasteiger partial charge is 0.495 e. The van der Waals surface area contributed by atoms with E-state index in [1.54, 1.807) is 7.11 Å². The Morgan fingerprint density at radius 3 is 2.52 bits per heavy atom. The quantitative estimate of drug-likeness (QED) is 0.567. The predicted molar refractivity (Wildman–Crippen MR) is 104 cm³/mol. The maximum absolute atomic E-state index is 5.95. The molecule has 0 aliphatic rings. The molecule has 0 spiro atoms. The van der Waals surface area contributed by atoms with Crippen LogP contribution in [0.5, 0.6) is 11.5 Å². The lowest BCUT2D eigenvalue weighted by atomic mass is 10.1. The average Bonchev–Trinajstić information content (AvgIpc) is 2.61. The van der Waals surface area contributed by atoms with Gasteiger partial charge in [0.1, 0.15) is 11.5 Å². The molecule has 134 valence electrons. The minimum atomic E-state index is 0.376. The number of guanidine groups is 1. The van der Waals surface area contributed by atoms with E-state index in [1.807, 2.05) is 36.4 Å². The number of rotatable bonds is 8. The molecule has 5 heteroatoms. The first-order chi connectivity index (χ1) is 12.1. The van der Waals surface area contributed by atoms with Crippen LogP contribution in [-0.4, -0.2) is 26.2 Å². The molecule has 25 heavy (non-hydrogen) atoms. The van der Waals surface area contributed by atoms with Gasteiger partial charge < -0.3 is 20.5 Å². The molecule has 2 rings (SSSR count). The summed E-state index contributed by atoms with van der Waals surface area (Å²) < 4.78 is 11.0. The maximum atomic E-state index is 5.95. The molecule has 2 aromatic carbocycles. The fourth-order valence-electron chi connectivity index (χ4n) is 2.25. The Balaban J connectivity index is 1.83. The first-order valence-corrected chi connectivity index (χ1v) is 8.50. The van der Waals surface area contributed by atoms with Crippen molar-refractivity contribution in [1.29, 1.82) is 0 Å². The van der Waals surface area contributed by atoms with Crippen LogP contribution < -0.4 is 20.5 Å². The summed E-state index contributed by atoms with van der Waals surface area (Å²) in [5.41, 5.74) is 7.95. The monoisotopic (exact) mass is 341 g/mol. The number of ether oxygens (including phenoxy) is 2. The van der Waals surface area contributed by atoms with Crippen molar-refractivity contribution in [2.24, 2.45) is 16.6 Å². The van der Waals surface area contributed by atoms with Gasteiger partial charge in [0, 0.05) is 6.54 Å². The molecule has 0 bridgehead atoms. The highest BCUT2D eigenvalue weighted by molar-refractivity contribution is 5.93. The second kappa shape index (κ2) is 9.57. The summed E-state index contributed by atoms with van der Waals surface area (Å²) in [6.07, 6.45) is 0.818. The molecule has 0 aliphatic heterocycles. The van der Waals surface area contributed by atoms with Crippen molar-refractivity contribution in [3.05, 3.63) is 54.1 Å². The van der Waals surface area contributed by atoms with Crippen LogP contribution in [-0.2, 0) is 6.42 Å². The number of aliphatic imine (C=N–C) groups is 1. The van der Waals surface area contributed by atoms with E-state index < -0.39 is 0 Å². The molecule has 0 amide bonds. The van der Waals surface area contributed by atoms with Gasteiger partial charge >= 0.3 is 0 Å². The Kier molecular flexibility index (Phi) is 7.14. The molecule has 0 saturated carbocycles. The third-order valence-electron chi connectivity index (χ3n) is 3.56. The van der Waals surface area contributed by atoms with E-state index in [4.69, 9.17) is 15.2 Å². The fraction of sp³-hybridized carbons (Fsp3) is 0.350. The number of hydrogen-bond donors (Lipinski definition) is 2. The van der Waals surface area contributed by atoms with Crippen molar-refractivity contribution < 1.29 is 9.47 Å². The summed E-state index contributed by atoms with van der Waals surface area (Å²) in [6.45, 7) is 5.61. The SMILES string of the molecule is COc1ccccc1NC(N)=NCCc1ccc(OCC(C)C)cc1. The lowest BCUT2D eigenvalue weighted by molar-refractivity contribution is 0.271. The van der Waals surface area contributed by atoms with Crippen LogP contribution in [0.1, 0.15) is 19.4 Å². The van der Waals surface area contributed by atoms with Gasteiger partial charge in [-0.3, -0.25) is 4.99 Å². The second-order valence-electron chi connectivity index (χ2n) is 6.19. The highest BCUT2D eigenvalue weighted by atomic mass is 16.5. The minimum absolute atomic E-state index is 0.376. The van der Waals surface area contributed by atoms with E-state index >= 15 is 0 Å². The van der Waals surface area contributed by atoms with E-state index in [1.165, 1.54) is 5.56 Å². The van der Waals surface area contributed by atoms with Gasteiger partial charge in [-0.1, -0.05) is 38.1 Å². The Bertz CT molecular complexity index is 682. The summed E-state index contributed by atoms with van der Waals surface area (Å²) in [4.78, 5) is 4.37. The third-order valence-corrected chi connectivity index (χ3v) is 3.56. The smallest absolute Gasteiger partial charge is 0.193 e. The average molecular weight is 341 g/mol. The molecule has 0 aliphatic carbocycles. The van der Waals surface area contributed by atoms with Gasteiger partial charge in [0.15, 0.2) is 5.96 Å². The van der Waals surface area contributed by atoms with Crippen molar-refractivity contribution in [2.45, 2.75) is 20.3 Å². The van der Waals surface area contributed by atoms with E-state index in [2.05, 4.69) is 36.3 Å². The van der Waals surface area contributed by atoms with Gasteiger partial charge in [-0.2, -0.15) is 0 Å². The lowest BCUT2D eigenvalue weighted by Gasteiger charge is -2.10. The fourth-order valence-corrected chi connectivity index (χ4v) is 2.25. The van der Waals surface area contributed by atoms with Gasteiger partial charge in [0.05, 0.1) is 19.4 Å². The summed E-state index contributed by atoms with van der Waals surface area (Å²) in [5.74, 6) is 2.53. The molecule has 0 radical (unpaired) electrons. The van der Waals surface area contributed by atoms with Crippen LogP contribution in [0.4, 0.5) is 5.69 Å². The van der Waals surface area contributed by atoms with Crippen LogP contribution in [0.25, 0.3) is 0 Å². The van der Waals surface area contributed by atoms with Gasteiger partial charge in [0.25, 0.3) is 0 Å². The van der Waals surface area contributed by atoms with Crippen molar-refractivity contribution in [1.82, 2.24) is 0 Å². The highest BCUT2D eigenvalue weighted by Crippen LogP contribution is 2.22. The molecule has 2 aromatic rings. The number of methoxy groups -OCH3 is 1. The summed E-state index contributed by atoms with van der Waals surface area (Å²) in [6, 6.07) is 15.7. The number of para-hydroxylation sites is 2. The molecule has 0 aromatic heterocycles. The molecule has 0 unspecified atom stereocenters. The second-order valence-corrected chi connectivity index (χ2v) is 6.19. The number of benzene rings is 2. The molecule has 0 fully saturated rings. The lowest BCUT2D eigenvalue weighted by Crippen LogP contribution is -2.23. The van der Waals surface area contributed by atoms with E-state index in [0.29, 0.717) is 18.4 Å². The topological polar surface area (TPSA) is 68.9 Å². The molecule has 0 atom stereocenters. The van der Waals surface area contributed by atoms with Crippen molar-refractivity contribution in [3.63, 3.8) is 0 Å². The third kappa shape index (κ3) is 6.37. The van der Waals surface area contributed by atoms with Gasteiger partial charge in [-0.05, 0) is 42.2 Å². The molecule has 3 N–H and O–H groups in total. The van der Waals surface area contributed by atoms with Crippen LogP contribution in [0.15, 0.2) is 53.5 Å². The molecule has 0 saturated heterocycles. The number of nitrogens with zero attached hydrogens (tertiary/aromatic N) is 1. The zero-order valence-electron chi connectivity index (χ0n) is 15.2. The maximum Gasteiger partial charge on any atom is 0.193 e. The predicted octanol–water partition coefficient (Wildman–Crippen LogP) is 3.70. The Labute approximate surface area is 149 Å². The van der Waals surface area contributed by atoms with Crippen molar-refractivity contribution in [3.8, 4) is 11.5 Å². The van der Waals surface area contributed by atoms with Crippen LogP contribution in [0, 0.1) is 5.92 Å². The first-order valence-electron chi connectivity index (χ1n) is 8.50. The van der Waals surface area contributed by atoms with Crippen LogP contribution >= 0.6 is 0 Å². The van der Waals surface area contributed by atoms with Gasteiger partial charge in [-0.25, -0.2) is 0 Å². The van der Waals surface area contributed by atoms with Crippen molar-refractivity contribution in [2.75, 3.05) is 25.6 Å². The standard InChI is InChI=1S/C20H27N3O2/c1-15(2)14-25-17-10-8-16(9-11-17)12-13-22-20(21)23-18-6-4-5-7-19(18)24-3/h4-11,15H,12-14H2,1-3H3,(H3,21,22,23). The zero-order valence-corrected chi connectivity index (χ0v) is 15.2. The molecule has 5 nitrogen and oxygen atoms in total. The van der Waals surface area contributed by atoms with E-state index in [-0.39, 0.29) is 0 Å². The van der Waals surface area contributed by atoms with E-state index in [0.717, 1.165) is 30.2 Å². The molecule has 0 heterocycles. The van der Waals surface area contributed by atoms with Crippen molar-refractivity contribution >= 4 is 11.6 Å². The summed E-state index contributed by atoms with van der Waals surface area (Å²) >= 11 is 0. The Morgan fingerprint density at radius 2 is 1.84 bits per heavy atom. The highest BCUT2D eigenvalue weighted by Gasteiger charge is 2.02. The molecular weight excluding hydrogens is 314 g/mol. The van der Waals surface area contributed by atoms with Gasteiger partial charge in [0.2, 0.25) is 0 Å². The minimum Gasteiger partial charge on any atom is -0.495 e. The number of anilines is 1. The van der Waals surface area contributed by atoms with Crippen LogP contribution in [0.2, 0.25) is 0 Å². The summed E-state index contributed by atoms with van der Waals surface area (Å²) in [7, 11) is 1.63. The zero-order chi connectivity index (χ0) is 18.1. The summed E-state index contributed by atoms with van der Waals surface area (Å²) in [5, 5.41) is 3.07. The molecular formula is C20H27N3O2. The van der Waals surface area contributed by atoms with Gasteiger partial charge in [-0.15, -0.1) is 0 Å². The first kappa shape index (κ1) is 18.6. The van der Waals surface area contributed by atoms with E-state index in [9.17, 15) is 0 Å². The normalized spacial score (nSPS) is 11.4. The Morgan fingerprint density at radius 1 is 1.12 bits per heavy atom. The Hall–Kier alpha value is -2.69. The number of nitrogens with two attached hydrogens (primary N) is 1. The number of hydrogen-bond acceptors (Lipinski definition) is 3. The number of nitrogens with one attached hydrogen (secondary N) is 1.